The molecule has 0 radical (unpaired) electrons. The standard InChI is InChI=1S/C11H18N4O2/c1-8-7-12-5-6-15(8)11(16)4-3-10-13-9(2)14-17-10/h8,12H,3-7H2,1-2H3/t8-/m1/s1. The molecule has 0 bridgehead atoms. The van der Waals surface area contributed by atoms with Gasteiger partial charge in [0, 0.05) is 38.5 Å². The normalized spacial score (nSPS) is 20.6. The third-order valence-corrected chi connectivity index (χ3v) is 2.94. The first-order valence-corrected chi connectivity index (χ1v) is 5.96. The second-order valence-electron chi connectivity index (χ2n) is 4.38. The summed E-state index contributed by atoms with van der Waals surface area (Å²) in [4.78, 5) is 18.0. The van der Waals surface area contributed by atoms with Crippen molar-refractivity contribution in [2.24, 2.45) is 0 Å². The number of carbonyl (C=O) groups excluding carboxylic acids is 1. The zero-order chi connectivity index (χ0) is 12.3. The zero-order valence-corrected chi connectivity index (χ0v) is 10.3. The maximum Gasteiger partial charge on any atom is 0.227 e. The Labute approximate surface area is 100 Å². The van der Waals surface area contributed by atoms with Gasteiger partial charge in [-0.25, -0.2) is 0 Å². The van der Waals surface area contributed by atoms with Crippen LogP contribution < -0.4 is 5.32 Å². The number of nitrogens with zero attached hydrogens (tertiary/aromatic N) is 3. The Morgan fingerprint density at radius 1 is 1.65 bits per heavy atom. The molecule has 1 aliphatic rings. The summed E-state index contributed by atoms with van der Waals surface area (Å²) >= 11 is 0. The molecule has 6 heteroatoms. The summed E-state index contributed by atoms with van der Waals surface area (Å²) in [5.41, 5.74) is 0. The van der Waals surface area contributed by atoms with Crippen LogP contribution in [0.2, 0.25) is 0 Å². The van der Waals surface area contributed by atoms with E-state index in [0.29, 0.717) is 24.6 Å². The maximum absolute atomic E-state index is 12.0. The third kappa shape index (κ3) is 3.03. The molecule has 2 rings (SSSR count). The lowest BCUT2D eigenvalue weighted by Crippen LogP contribution is -2.52. The van der Waals surface area contributed by atoms with Gasteiger partial charge in [0.25, 0.3) is 0 Å². The molecule has 1 saturated heterocycles. The van der Waals surface area contributed by atoms with Gasteiger partial charge in [-0.3, -0.25) is 4.79 Å². The zero-order valence-electron chi connectivity index (χ0n) is 10.3. The topological polar surface area (TPSA) is 71.3 Å². The SMILES string of the molecule is Cc1noc(CCC(=O)N2CCNC[C@H]2C)n1. The first-order valence-electron chi connectivity index (χ1n) is 5.96. The van der Waals surface area contributed by atoms with Crippen LogP contribution in [0.25, 0.3) is 0 Å². The van der Waals surface area contributed by atoms with Crippen LogP contribution in [-0.2, 0) is 11.2 Å². The number of amides is 1. The Hall–Kier alpha value is -1.43. The smallest absolute Gasteiger partial charge is 0.227 e. The molecule has 0 aromatic carbocycles. The van der Waals surface area contributed by atoms with Crippen LogP contribution in [0.4, 0.5) is 0 Å². The van der Waals surface area contributed by atoms with Gasteiger partial charge in [-0.05, 0) is 13.8 Å². The molecule has 1 aromatic heterocycles. The van der Waals surface area contributed by atoms with Gasteiger partial charge < -0.3 is 14.7 Å². The van der Waals surface area contributed by atoms with E-state index in [-0.39, 0.29) is 11.9 Å². The quantitative estimate of drug-likeness (QED) is 0.810. The summed E-state index contributed by atoms with van der Waals surface area (Å²) in [7, 11) is 0. The van der Waals surface area contributed by atoms with E-state index in [1.807, 2.05) is 4.90 Å². The summed E-state index contributed by atoms with van der Waals surface area (Å²) in [5, 5.41) is 6.96. The Bertz CT molecular complexity index is 391. The molecule has 1 aromatic rings. The third-order valence-electron chi connectivity index (χ3n) is 2.94. The number of nitrogens with one attached hydrogen (secondary N) is 1. The highest BCUT2D eigenvalue weighted by Gasteiger charge is 2.22. The van der Waals surface area contributed by atoms with Crippen molar-refractivity contribution in [3.05, 3.63) is 11.7 Å². The van der Waals surface area contributed by atoms with Crippen LogP contribution >= 0.6 is 0 Å². The summed E-state index contributed by atoms with van der Waals surface area (Å²) in [5.74, 6) is 1.32. The highest BCUT2D eigenvalue weighted by molar-refractivity contribution is 5.76. The van der Waals surface area contributed by atoms with Crippen LogP contribution in [-0.4, -0.2) is 46.6 Å². The minimum atomic E-state index is 0.162. The first kappa shape index (κ1) is 12.0. The monoisotopic (exact) mass is 238 g/mol. The van der Waals surface area contributed by atoms with E-state index in [4.69, 9.17) is 4.52 Å². The van der Waals surface area contributed by atoms with Crippen molar-refractivity contribution in [1.82, 2.24) is 20.4 Å². The van der Waals surface area contributed by atoms with Gasteiger partial charge in [-0.2, -0.15) is 4.98 Å². The molecule has 17 heavy (non-hydrogen) atoms. The molecule has 1 aliphatic heterocycles. The molecule has 0 aliphatic carbocycles. The van der Waals surface area contributed by atoms with Crippen molar-refractivity contribution < 1.29 is 9.32 Å². The minimum Gasteiger partial charge on any atom is -0.339 e. The highest BCUT2D eigenvalue weighted by atomic mass is 16.5. The predicted molar refractivity (Wildman–Crippen MR) is 61.4 cm³/mol. The van der Waals surface area contributed by atoms with E-state index in [1.54, 1.807) is 6.92 Å². The van der Waals surface area contributed by atoms with Crippen LogP contribution in [0.3, 0.4) is 0 Å². The fourth-order valence-corrected chi connectivity index (χ4v) is 2.01. The van der Waals surface area contributed by atoms with Crippen molar-refractivity contribution in [3.8, 4) is 0 Å². The van der Waals surface area contributed by atoms with Crippen LogP contribution in [0.15, 0.2) is 4.52 Å². The summed E-state index contributed by atoms with van der Waals surface area (Å²) in [6.45, 7) is 6.35. The van der Waals surface area contributed by atoms with Gasteiger partial charge in [0.05, 0.1) is 0 Å². The number of rotatable bonds is 3. The Morgan fingerprint density at radius 2 is 2.47 bits per heavy atom. The second-order valence-corrected chi connectivity index (χ2v) is 4.38. The van der Waals surface area contributed by atoms with Crippen LogP contribution in [0.1, 0.15) is 25.1 Å². The Morgan fingerprint density at radius 3 is 3.12 bits per heavy atom. The van der Waals surface area contributed by atoms with E-state index in [2.05, 4.69) is 22.4 Å². The average Bonchev–Trinajstić information content (AvgIpc) is 2.73. The number of hydrogen-bond acceptors (Lipinski definition) is 5. The lowest BCUT2D eigenvalue weighted by atomic mass is 10.2. The second kappa shape index (κ2) is 5.27. The van der Waals surface area contributed by atoms with E-state index < -0.39 is 0 Å². The fraction of sp³-hybridized carbons (Fsp3) is 0.727. The van der Waals surface area contributed by atoms with Gasteiger partial charge in [-0.1, -0.05) is 5.16 Å². The number of piperazine rings is 1. The van der Waals surface area contributed by atoms with Crippen molar-refractivity contribution >= 4 is 5.91 Å². The van der Waals surface area contributed by atoms with Gasteiger partial charge in [0.1, 0.15) is 0 Å². The lowest BCUT2D eigenvalue weighted by Gasteiger charge is -2.34. The molecular formula is C11H18N4O2. The van der Waals surface area contributed by atoms with Crippen LogP contribution in [0, 0.1) is 6.92 Å². The molecule has 0 saturated carbocycles. The Balaban J connectivity index is 1.84. The van der Waals surface area contributed by atoms with Gasteiger partial charge in [0.2, 0.25) is 11.8 Å². The van der Waals surface area contributed by atoms with Gasteiger partial charge >= 0.3 is 0 Å². The number of aromatic nitrogens is 2. The van der Waals surface area contributed by atoms with E-state index in [9.17, 15) is 4.79 Å². The molecule has 0 unspecified atom stereocenters. The molecular weight excluding hydrogens is 220 g/mol. The number of aryl methyl sites for hydroxylation is 2. The number of hydrogen-bond donors (Lipinski definition) is 1. The number of carbonyl (C=O) groups is 1. The maximum atomic E-state index is 12.0. The molecule has 1 fully saturated rings. The summed E-state index contributed by atoms with van der Waals surface area (Å²) < 4.78 is 4.98. The molecule has 0 spiro atoms. The molecule has 1 amide bonds. The molecule has 94 valence electrons. The molecule has 2 heterocycles. The van der Waals surface area contributed by atoms with E-state index in [0.717, 1.165) is 19.6 Å². The Kier molecular flexibility index (Phi) is 3.73. The highest BCUT2D eigenvalue weighted by Crippen LogP contribution is 2.07. The summed E-state index contributed by atoms with van der Waals surface area (Å²) in [6.07, 6.45) is 0.961. The molecule has 6 nitrogen and oxygen atoms in total. The lowest BCUT2D eigenvalue weighted by molar-refractivity contribution is -0.134. The first-order chi connectivity index (χ1) is 8.16. The van der Waals surface area contributed by atoms with Gasteiger partial charge in [-0.15, -0.1) is 0 Å². The van der Waals surface area contributed by atoms with E-state index >= 15 is 0 Å². The van der Waals surface area contributed by atoms with Crippen molar-refractivity contribution in [3.63, 3.8) is 0 Å². The van der Waals surface area contributed by atoms with E-state index in [1.165, 1.54) is 0 Å². The van der Waals surface area contributed by atoms with Crippen molar-refractivity contribution in [2.75, 3.05) is 19.6 Å². The van der Waals surface area contributed by atoms with Crippen molar-refractivity contribution in [2.45, 2.75) is 32.7 Å². The van der Waals surface area contributed by atoms with Gasteiger partial charge in [0.15, 0.2) is 5.82 Å². The molecule has 1 N–H and O–H groups in total. The largest absolute Gasteiger partial charge is 0.339 e. The van der Waals surface area contributed by atoms with Crippen molar-refractivity contribution in [1.29, 1.82) is 0 Å². The predicted octanol–water partition coefficient (Wildman–Crippen LogP) is 0.131. The molecule has 1 atom stereocenters. The summed E-state index contributed by atoms with van der Waals surface area (Å²) in [6, 6.07) is 0.265. The minimum absolute atomic E-state index is 0.162. The fourth-order valence-electron chi connectivity index (χ4n) is 2.01. The van der Waals surface area contributed by atoms with Crippen LogP contribution in [0.5, 0.6) is 0 Å². The average molecular weight is 238 g/mol.